The van der Waals surface area contributed by atoms with Gasteiger partial charge >= 0.3 is 6.09 Å². The summed E-state index contributed by atoms with van der Waals surface area (Å²) in [7, 11) is 0. The van der Waals surface area contributed by atoms with E-state index in [1.165, 1.54) is 5.75 Å². The van der Waals surface area contributed by atoms with Gasteiger partial charge in [-0.1, -0.05) is 6.92 Å². The summed E-state index contributed by atoms with van der Waals surface area (Å²) in [5.41, 5.74) is 0.464. The Morgan fingerprint density at radius 3 is 2.67 bits per heavy atom. The number of nitrogens with zero attached hydrogens (tertiary/aromatic N) is 1. The Kier molecular flexibility index (Phi) is 4.98. The van der Waals surface area contributed by atoms with Gasteiger partial charge in [-0.2, -0.15) is 11.8 Å². The van der Waals surface area contributed by atoms with Crippen LogP contribution >= 0.6 is 11.8 Å². The van der Waals surface area contributed by atoms with Gasteiger partial charge in [0.05, 0.1) is 11.9 Å². The van der Waals surface area contributed by atoms with E-state index in [9.17, 15) is 4.79 Å². The van der Waals surface area contributed by atoms with Crippen LogP contribution in [0.1, 0.15) is 27.7 Å². The summed E-state index contributed by atoms with van der Waals surface area (Å²) < 4.78 is 5.19. The third kappa shape index (κ3) is 5.12. The van der Waals surface area contributed by atoms with E-state index in [2.05, 4.69) is 22.5 Å². The van der Waals surface area contributed by atoms with Crippen LogP contribution in [0.4, 0.5) is 16.3 Å². The highest BCUT2D eigenvalue weighted by atomic mass is 32.2. The Bertz CT molecular complexity index is 485. The highest BCUT2D eigenvalue weighted by Crippen LogP contribution is 2.26. The molecular formula is C15H23N3O2S. The number of nitrogens with one attached hydrogen (secondary N) is 2. The number of pyridine rings is 1. The van der Waals surface area contributed by atoms with E-state index >= 15 is 0 Å². The number of anilines is 2. The molecule has 1 fully saturated rings. The second-order valence-electron chi connectivity index (χ2n) is 6.32. The summed E-state index contributed by atoms with van der Waals surface area (Å²) in [4.78, 5) is 15.9. The Hall–Kier alpha value is -1.43. The smallest absolute Gasteiger partial charge is 0.413 e. The van der Waals surface area contributed by atoms with Crippen molar-refractivity contribution in [1.29, 1.82) is 0 Å². The minimum absolute atomic E-state index is 0.487. The fourth-order valence-corrected chi connectivity index (χ4v) is 3.43. The Morgan fingerprint density at radius 1 is 1.38 bits per heavy atom. The topological polar surface area (TPSA) is 63.2 Å². The zero-order chi connectivity index (χ0) is 15.5. The lowest BCUT2D eigenvalue weighted by Crippen LogP contribution is -2.27. The molecule has 2 heterocycles. The summed E-state index contributed by atoms with van der Waals surface area (Å²) in [5.74, 6) is 3.47. The molecule has 2 N–H and O–H groups in total. The van der Waals surface area contributed by atoms with E-state index < -0.39 is 11.7 Å². The number of carbonyl (C=O) groups excluding carboxylic acids is 1. The quantitative estimate of drug-likeness (QED) is 0.893. The molecule has 6 heteroatoms. The molecule has 1 aliphatic rings. The molecule has 1 amide bonds. The number of amides is 1. The molecule has 1 aromatic rings. The number of carbonyl (C=O) groups is 1. The van der Waals surface area contributed by atoms with E-state index in [-0.39, 0.29) is 0 Å². The highest BCUT2D eigenvalue weighted by Gasteiger charge is 2.23. The summed E-state index contributed by atoms with van der Waals surface area (Å²) in [6.45, 7) is 7.74. The SMILES string of the molecule is CC1CSCC1Nc1ccc(NC(=O)OC(C)(C)C)nc1. The standard InChI is InChI=1S/C15H23N3O2S/c1-10-8-21-9-12(10)17-11-5-6-13(16-7-11)18-14(19)20-15(2,3)4/h5-7,10,12,17H,8-9H2,1-4H3,(H,16,18,19). The summed E-state index contributed by atoms with van der Waals surface area (Å²) in [5, 5.41) is 6.11. The monoisotopic (exact) mass is 309 g/mol. The van der Waals surface area contributed by atoms with Crippen LogP contribution in [0.5, 0.6) is 0 Å². The van der Waals surface area contributed by atoms with E-state index in [0.717, 1.165) is 11.4 Å². The van der Waals surface area contributed by atoms with Gasteiger partial charge in [-0.3, -0.25) is 5.32 Å². The number of ether oxygens (including phenoxy) is 1. The molecule has 1 aromatic heterocycles. The lowest BCUT2D eigenvalue weighted by atomic mass is 10.1. The molecule has 21 heavy (non-hydrogen) atoms. The molecular weight excluding hydrogens is 286 g/mol. The first kappa shape index (κ1) is 15.9. The first-order valence-corrected chi connectivity index (χ1v) is 8.29. The fraction of sp³-hybridized carbons (Fsp3) is 0.600. The molecule has 1 saturated heterocycles. The van der Waals surface area contributed by atoms with Crippen molar-refractivity contribution in [2.24, 2.45) is 5.92 Å². The molecule has 0 spiro atoms. The van der Waals surface area contributed by atoms with Crippen molar-refractivity contribution in [3.05, 3.63) is 18.3 Å². The van der Waals surface area contributed by atoms with Crippen LogP contribution in [0.25, 0.3) is 0 Å². The largest absolute Gasteiger partial charge is 0.444 e. The molecule has 0 aliphatic carbocycles. The number of hydrogen-bond donors (Lipinski definition) is 2. The van der Waals surface area contributed by atoms with Gasteiger partial charge in [0.25, 0.3) is 0 Å². The van der Waals surface area contributed by atoms with Gasteiger partial charge in [0.1, 0.15) is 11.4 Å². The predicted molar refractivity (Wildman–Crippen MR) is 88.0 cm³/mol. The zero-order valence-electron chi connectivity index (χ0n) is 13.0. The Morgan fingerprint density at radius 2 is 2.14 bits per heavy atom. The van der Waals surface area contributed by atoms with Gasteiger partial charge in [-0.15, -0.1) is 0 Å². The van der Waals surface area contributed by atoms with Crippen LogP contribution in [0.3, 0.4) is 0 Å². The van der Waals surface area contributed by atoms with Crippen molar-refractivity contribution in [2.45, 2.75) is 39.3 Å². The molecule has 0 radical (unpaired) electrons. The lowest BCUT2D eigenvalue weighted by Gasteiger charge is -2.20. The van der Waals surface area contributed by atoms with Crippen LogP contribution in [0.15, 0.2) is 18.3 Å². The van der Waals surface area contributed by atoms with Gasteiger partial charge in [-0.05, 0) is 44.6 Å². The first-order valence-electron chi connectivity index (χ1n) is 7.14. The number of aromatic nitrogens is 1. The predicted octanol–water partition coefficient (Wildman–Crippen LogP) is 3.59. The van der Waals surface area contributed by atoms with Crippen molar-refractivity contribution in [1.82, 2.24) is 4.98 Å². The number of rotatable bonds is 3. The van der Waals surface area contributed by atoms with Crippen LogP contribution in [0.2, 0.25) is 0 Å². The lowest BCUT2D eigenvalue weighted by molar-refractivity contribution is 0.0635. The summed E-state index contributed by atoms with van der Waals surface area (Å²) in [6.07, 6.45) is 1.25. The number of thioether (sulfide) groups is 1. The van der Waals surface area contributed by atoms with Crippen molar-refractivity contribution < 1.29 is 9.53 Å². The van der Waals surface area contributed by atoms with Crippen LogP contribution in [-0.2, 0) is 4.74 Å². The maximum Gasteiger partial charge on any atom is 0.413 e. The van der Waals surface area contributed by atoms with Crippen molar-refractivity contribution in [3.8, 4) is 0 Å². The molecule has 2 atom stereocenters. The van der Waals surface area contributed by atoms with E-state index in [0.29, 0.717) is 17.8 Å². The van der Waals surface area contributed by atoms with Gasteiger partial charge in [0.2, 0.25) is 0 Å². The molecule has 2 unspecified atom stereocenters. The van der Waals surface area contributed by atoms with E-state index in [1.807, 2.05) is 38.6 Å². The van der Waals surface area contributed by atoms with Crippen molar-refractivity contribution in [3.63, 3.8) is 0 Å². The van der Waals surface area contributed by atoms with Crippen molar-refractivity contribution >= 4 is 29.4 Å². The average Bonchev–Trinajstić information content (AvgIpc) is 2.75. The Balaban J connectivity index is 1.88. The maximum atomic E-state index is 11.6. The van der Waals surface area contributed by atoms with Gasteiger partial charge in [-0.25, -0.2) is 9.78 Å². The van der Waals surface area contributed by atoms with Gasteiger partial charge < -0.3 is 10.1 Å². The second kappa shape index (κ2) is 6.56. The van der Waals surface area contributed by atoms with E-state index in [4.69, 9.17) is 4.74 Å². The fourth-order valence-electron chi connectivity index (χ4n) is 2.02. The molecule has 5 nitrogen and oxygen atoms in total. The molecule has 0 bridgehead atoms. The van der Waals surface area contributed by atoms with Crippen LogP contribution < -0.4 is 10.6 Å². The molecule has 0 aromatic carbocycles. The second-order valence-corrected chi connectivity index (χ2v) is 7.40. The highest BCUT2D eigenvalue weighted by molar-refractivity contribution is 7.99. The molecule has 0 saturated carbocycles. The van der Waals surface area contributed by atoms with E-state index in [1.54, 1.807) is 12.3 Å². The zero-order valence-corrected chi connectivity index (χ0v) is 13.8. The first-order chi connectivity index (χ1) is 9.83. The molecule has 116 valence electrons. The molecule has 1 aliphatic heterocycles. The van der Waals surface area contributed by atoms with Crippen LogP contribution in [-0.4, -0.2) is 34.2 Å². The van der Waals surface area contributed by atoms with Gasteiger partial charge in [0.15, 0.2) is 0 Å². The van der Waals surface area contributed by atoms with Crippen LogP contribution in [0, 0.1) is 5.92 Å². The maximum absolute atomic E-state index is 11.6. The minimum Gasteiger partial charge on any atom is -0.444 e. The summed E-state index contributed by atoms with van der Waals surface area (Å²) >= 11 is 1.97. The third-order valence-electron chi connectivity index (χ3n) is 3.11. The van der Waals surface area contributed by atoms with Gasteiger partial charge in [0, 0.05) is 11.8 Å². The summed E-state index contributed by atoms with van der Waals surface area (Å²) in [6, 6.07) is 4.19. The molecule has 2 rings (SSSR count). The average molecular weight is 309 g/mol. The van der Waals surface area contributed by atoms with Crippen molar-refractivity contribution in [2.75, 3.05) is 22.1 Å². The number of hydrogen-bond acceptors (Lipinski definition) is 5. The minimum atomic E-state index is -0.512. The Labute approximate surface area is 130 Å². The normalized spacial score (nSPS) is 21.9. The third-order valence-corrected chi connectivity index (χ3v) is 4.47.